The van der Waals surface area contributed by atoms with E-state index in [9.17, 15) is 14.4 Å². The highest BCUT2D eigenvalue weighted by molar-refractivity contribution is 7.16. The van der Waals surface area contributed by atoms with E-state index >= 15 is 0 Å². The third kappa shape index (κ3) is 5.92. The molecule has 34 heavy (non-hydrogen) atoms. The van der Waals surface area contributed by atoms with Crippen LogP contribution in [0.15, 0.2) is 23.0 Å². The van der Waals surface area contributed by atoms with E-state index in [1.165, 1.54) is 23.3 Å². The SMILES string of the molecule is CN(CCCCc1ccc2c(c1)sc(=O)n2C)CCCCN1C(=O)CC2(CCCCC2)C1=O.Cl. The highest BCUT2D eigenvalue weighted by Crippen LogP contribution is 2.45. The lowest BCUT2D eigenvalue weighted by Crippen LogP contribution is -2.37. The zero-order valence-corrected chi connectivity index (χ0v) is 22.1. The van der Waals surface area contributed by atoms with Crippen molar-refractivity contribution in [1.82, 2.24) is 14.4 Å². The number of benzene rings is 1. The van der Waals surface area contributed by atoms with Crippen molar-refractivity contribution >= 4 is 45.8 Å². The first-order valence-electron chi connectivity index (χ1n) is 12.5. The monoisotopic (exact) mass is 507 g/mol. The minimum Gasteiger partial charge on any atom is -0.306 e. The summed E-state index contributed by atoms with van der Waals surface area (Å²) in [5.74, 6) is 0.165. The van der Waals surface area contributed by atoms with Gasteiger partial charge in [-0.3, -0.25) is 19.3 Å². The molecule has 188 valence electrons. The van der Waals surface area contributed by atoms with E-state index < -0.39 is 0 Å². The Labute approximate surface area is 212 Å². The number of aryl methyl sites for hydroxylation is 2. The number of rotatable bonds is 10. The van der Waals surface area contributed by atoms with Crippen molar-refractivity contribution in [3.05, 3.63) is 33.4 Å². The normalized spacial score (nSPS) is 17.8. The molecule has 1 aromatic carbocycles. The van der Waals surface area contributed by atoms with Crippen LogP contribution in [0.4, 0.5) is 0 Å². The molecule has 1 saturated heterocycles. The first-order chi connectivity index (χ1) is 15.9. The van der Waals surface area contributed by atoms with Crippen LogP contribution in [-0.2, 0) is 23.1 Å². The fourth-order valence-corrected chi connectivity index (χ4v) is 6.46. The Balaban J connectivity index is 0.00000324. The Morgan fingerprint density at radius 3 is 2.44 bits per heavy atom. The average Bonchev–Trinajstić information content (AvgIpc) is 3.21. The van der Waals surface area contributed by atoms with Crippen molar-refractivity contribution in [3.8, 4) is 0 Å². The van der Waals surface area contributed by atoms with Crippen molar-refractivity contribution in [1.29, 1.82) is 0 Å². The van der Waals surface area contributed by atoms with Gasteiger partial charge in [0.1, 0.15) is 0 Å². The van der Waals surface area contributed by atoms with Crippen LogP contribution in [0.1, 0.15) is 69.8 Å². The van der Waals surface area contributed by atoms with Gasteiger partial charge in [0.25, 0.3) is 0 Å². The molecular formula is C26H38ClN3O3S. The Hall–Kier alpha value is -1.70. The lowest BCUT2D eigenvalue weighted by molar-refractivity contribution is -0.142. The van der Waals surface area contributed by atoms with Gasteiger partial charge in [-0.25, -0.2) is 0 Å². The summed E-state index contributed by atoms with van der Waals surface area (Å²) in [6, 6.07) is 6.35. The lowest BCUT2D eigenvalue weighted by atomic mass is 9.73. The summed E-state index contributed by atoms with van der Waals surface area (Å²) in [4.78, 5) is 41.1. The second-order valence-electron chi connectivity index (χ2n) is 10.1. The lowest BCUT2D eigenvalue weighted by Gasteiger charge is -2.30. The van der Waals surface area contributed by atoms with Gasteiger partial charge in [-0.1, -0.05) is 36.7 Å². The number of halogens is 1. The van der Waals surface area contributed by atoms with Gasteiger partial charge < -0.3 is 9.47 Å². The summed E-state index contributed by atoms with van der Waals surface area (Å²) >= 11 is 1.32. The second kappa shape index (κ2) is 11.8. The third-order valence-electron chi connectivity index (χ3n) is 7.58. The van der Waals surface area contributed by atoms with Crippen molar-refractivity contribution in [2.24, 2.45) is 12.5 Å². The topological polar surface area (TPSA) is 62.6 Å². The van der Waals surface area contributed by atoms with E-state index in [0.717, 1.165) is 81.1 Å². The minimum absolute atomic E-state index is 0. The number of nitrogens with zero attached hydrogens (tertiary/aromatic N) is 3. The fourth-order valence-electron chi connectivity index (χ4n) is 5.51. The van der Waals surface area contributed by atoms with E-state index in [-0.39, 0.29) is 34.5 Å². The molecule has 1 spiro atoms. The molecule has 1 saturated carbocycles. The number of amides is 2. The molecule has 2 fully saturated rings. The summed E-state index contributed by atoms with van der Waals surface area (Å²) in [7, 11) is 3.97. The molecule has 4 rings (SSSR count). The first kappa shape index (κ1) is 26.9. The summed E-state index contributed by atoms with van der Waals surface area (Å²) in [6.45, 7) is 2.62. The van der Waals surface area contributed by atoms with Crippen LogP contribution in [0.25, 0.3) is 10.2 Å². The minimum atomic E-state index is -0.352. The molecule has 2 aliphatic rings. The maximum Gasteiger partial charge on any atom is 0.307 e. The molecule has 1 aromatic heterocycles. The van der Waals surface area contributed by atoms with E-state index in [0.29, 0.717) is 13.0 Å². The number of unbranched alkanes of at least 4 members (excludes halogenated alkanes) is 2. The van der Waals surface area contributed by atoms with Crippen LogP contribution >= 0.6 is 23.7 Å². The highest BCUT2D eigenvalue weighted by atomic mass is 35.5. The van der Waals surface area contributed by atoms with Gasteiger partial charge in [0, 0.05) is 20.0 Å². The molecule has 0 N–H and O–H groups in total. The number of imide groups is 1. The molecular weight excluding hydrogens is 470 g/mol. The number of hydrogen-bond acceptors (Lipinski definition) is 5. The van der Waals surface area contributed by atoms with E-state index in [2.05, 4.69) is 30.1 Å². The second-order valence-corrected chi connectivity index (χ2v) is 11.1. The molecule has 2 amide bonds. The van der Waals surface area contributed by atoms with Gasteiger partial charge in [0.2, 0.25) is 11.8 Å². The Morgan fingerprint density at radius 1 is 1.00 bits per heavy atom. The highest BCUT2D eigenvalue weighted by Gasteiger charge is 2.51. The number of fused-ring (bicyclic) bond motifs is 1. The van der Waals surface area contributed by atoms with Crippen molar-refractivity contribution in [2.75, 3.05) is 26.7 Å². The van der Waals surface area contributed by atoms with Crippen molar-refractivity contribution in [3.63, 3.8) is 0 Å². The molecule has 0 atom stereocenters. The molecule has 0 radical (unpaired) electrons. The first-order valence-corrected chi connectivity index (χ1v) is 13.3. The zero-order chi connectivity index (χ0) is 23.4. The molecule has 0 unspecified atom stereocenters. The van der Waals surface area contributed by atoms with Crippen LogP contribution in [0, 0.1) is 5.41 Å². The van der Waals surface area contributed by atoms with E-state index in [1.54, 1.807) is 9.47 Å². The summed E-state index contributed by atoms with van der Waals surface area (Å²) in [6.07, 6.45) is 10.8. The zero-order valence-electron chi connectivity index (χ0n) is 20.5. The summed E-state index contributed by atoms with van der Waals surface area (Å²) in [5, 5.41) is 0. The predicted molar refractivity (Wildman–Crippen MR) is 141 cm³/mol. The molecule has 0 bridgehead atoms. The van der Waals surface area contributed by atoms with Gasteiger partial charge in [-0.2, -0.15) is 0 Å². The van der Waals surface area contributed by atoms with Crippen LogP contribution in [0.5, 0.6) is 0 Å². The number of carbonyl (C=O) groups excluding carboxylic acids is 2. The number of likely N-dealkylation sites (tertiary alicyclic amines) is 1. The molecule has 1 aliphatic carbocycles. The van der Waals surface area contributed by atoms with Crippen molar-refractivity contribution in [2.45, 2.75) is 70.6 Å². The van der Waals surface area contributed by atoms with Gasteiger partial charge in [0.15, 0.2) is 0 Å². The quantitative estimate of drug-likeness (QED) is 0.343. The largest absolute Gasteiger partial charge is 0.307 e. The number of carbonyl (C=O) groups is 2. The van der Waals surface area contributed by atoms with Gasteiger partial charge in [-0.05, 0) is 82.8 Å². The molecule has 1 aliphatic heterocycles. The average molecular weight is 508 g/mol. The Morgan fingerprint density at radius 2 is 1.71 bits per heavy atom. The standard InChI is InChI=1S/C26H37N3O3S.ClH/c1-27(15-7-4-10-20-11-12-21-22(18-20)33-25(32)28(21)2)16-8-9-17-29-23(30)19-26(24(29)31)13-5-3-6-14-26;/h11-12,18H,3-10,13-17,19H2,1-2H3;1H. The number of thiazole rings is 1. The number of aromatic nitrogens is 1. The Bertz CT molecular complexity index is 1060. The van der Waals surface area contributed by atoms with Crippen LogP contribution in [0.2, 0.25) is 0 Å². The molecule has 2 heterocycles. The maximum absolute atomic E-state index is 12.9. The fraction of sp³-hybridized carbons (Fsp3) is 0.654. The summed E-state index contributed by atoms with van der Waals surface area (Å²) in [5.41, 5.74) is 1.96. The Kier molecular flexibility index (Phi) is 9.35. The molecule has 8 heteroatoms. The van der Waals surface area contributed by atoms with Crippen molar-refractivity contribution < 1.29 is 9.59 Å². The molecule has 2 aromatic rings. The number of hydrogen-bond donors (Lipinski definition) is 0. The van der Waals surface area contributed by atoms with E-state index in [4.69, 9.17) is 0 Å². The molecule has 6 nitrogen and oxygen atoms in total. The van der Waals surface area contributed by atoms with E-state index in [1.807, 2.05) is 7.05 Å². The van der Waals surface area contributed by atoms with Crippen LogP contribution < -0.4 is 4.87 Å². The van der Waals surface area contributed by atoms with Crippen LogP contribution in [-0.4, -0.2) is 52.9 Å². The summed E-state index contributed by atoms with van der Waals surface area (Å²) < 4.78 is 2.78. The van der Waals surface area contributed by atoms with Gasteiger partial charge >= 0.3 is 4.87 Å². The third-order valence-corrected chi connectivity index (χ3v) is 8.58. The maximum atomic E-state index is 12.9. The van der Waals surface area contributed by atoms with Gasteiger partial charge in [-0.15, -0.1) is 12.4 Å². The predicted octanol–water partition coefficient (Wildman–Crippen LogP) is 4.77. The smallest absolute Gasteiger partial charge is 0.306 e. The van der Waals surface area contributed by atoms with Gasteiger partial charge in [0.05, 0.1) is 15.6 Å². The van der Waals surface area contributed by atoms with Crippen LogP contribution in [0.3, 0.4) is 0 Å².